The van der Waals surface area contributed by atoms with Gasteiger partial charge >= 0.3 is 6.98 Å². The molecule has 2 aromatic carbocycles. The zero-order valence-corrected chi connectivity index (χ0v) is 10.1. The maximum atomic E-state index is 3.51. The summed E-state index contributed by atoms with van der Waals surface area (Å²) in [4.78, 5) is 0. The zero-order valence-electron chi connectivity index (χ0n) is 10.1. The van der Waals surface area contributed by atoms with E-state index in [1.807, 2.05) is 6.07 Å². The van der Waals surface area contributed by atoms with E-state index >= 15 is 0 Å². The molecule has 2 nitrogen and oxygen atoms in total. The first-order valence-corrected chi connectivity index (χ1v) is 5.93. The Hall–Kier alpha value is -1.90. The molecule has 0 unspecified atom stereocenters. The summed E-state index contributed by atoms with van der Waals surface area (Å²) in [5, 5.41) is 7.02. The van der Waals surface area contributed by atoms with E-state index in [2.05, 4.69) is 60.7 Å². The average molecular weight is 222 g/mol. The van der Waals surface area contributed by atoms with Gasteiger partial charge in [-0.25, -0.2) is 0 Å². The predicted octanol–water partition coefficient (Wildman–Crippen LogP) is 2.54. The molecule has 0 saturated heterocycles. The topological polar surface area (TPSA) is 24.1 Å². The second kappa shape index (κ2) is 3.84. The standard InChI is InChI=1S/C14H15BN2/c1-10-8-13-14(9-11(10)2)17-15(16-13)12-6-4-3-5-7-12/h3-9,16-17H,1-2H3. The number of benzene rings is 2. The molecule has 0 aromatic heterocycles. The quantitative estimate of drug-likeness (QED) is 0.724. The second-order valence-corrected chi connectivity index (χ2v) is 4.61. The summed E-state index contributed by atoms with van der Waals surface area (Å²) in [5.74, 6) is 0. The van der Waals surface area contributed by atoms with Crippen LogP contribution in [0.25, 0.3) is 0 Å². The molecular weight excluding hydrogens is 207 g/mol. The van der Waals surface area contributed by atoms with Gasteiger partial charge in [0.05, 0.1) is 0 Å². The van der Waals surface area contributed by atoms with Gasteiger partial charge < -0.3 is 10.5 Å². The Morgan fingerprint density at radius 1 is 0.824 bits per heavy atom. The summed E-state index contributed by atoms with van der Waals surface area (Å²) >= 11 is 0. The van der Waals surface area contributed by atoms with Crippen molar-refractivity contribution in [1.29, 1.82) is 0 Å². The molecule has 0 saturated carbocycles. The van der Waals surface area contributed by atoms with E-state index in [1.54, 1.807) is 0 Å². The first-order chi connectivity index (χ1) is 8.24. The van der Waals surface area contributed by atoms with Gasteiger partial charge in [-0.1, -0.05) is 30.3 Å². The lowest BCUT2D eigenvalue weighted by molar-refractivity contribution is 1.35. The van der Waals surface area contributed by atoms with Gasteiger partial charge in [0.15, 0.2) is 0 Å². The molecule has 0 spiro atoms. The molecule has 0 amide bonds. The molecule has 1 aliphatic heterocycles. The van der Waals surface area contributed by atoms with Crippen molar-refractivity contribution in [2.75, 3.05) is 10.5 Å². The van der Waals surface area contributed by atoms with Crippen molar-refractivity contribution in [3.05, 3.63) is 53.6 Å². The number of aryl methyl sites for hydroxylation is 2. The summed E-state index contributed by atoms with van der Waals surface area (Å²) in [6.45, 7) is 4.48. The number of nitrogens with one attached hydrogen (secondary N) is 2. The SMILES string of the molecule is Cc1cc2c(cc1C)NB(c1ccccc1)N2. The third-order valence-electron chi connectivity index (χ3n) is 3.37. The number of hydrogen-bond donors (Lipinski definition) is 2. The van der Waals surface area contributed by atoms with Crippen LogP contribution in [0.1, 0.15) is 11.1 Å². The Morgan fingerprint density at radius 3 is 1.88 bits per heavy atom. The Bertz CT molecular complexity index is 521. The number of rotatable bonds is 1. The summed E-state index contributed by atoms with van der Waals surface area (Å²) in [7, 11) is 0. The maximum absolute atomic E-state index is 3.51. The minimum atomic E-state index is 0.187. The molecular formula is C14H15BN2. The van der Waals surface area contributed by atoms with E-state index in [1.165, 1.54) is 28.0 Å². The van der Waals surface area contributed by atoms with Crippen molar-refractivity contribution in [3.8, 4) is 0 Å². The maximum Gasteiger partial charge on any atom is 0.406 e. The lowest BCUT2D eigenvalue weighted by atomic mass is 9.69. The van der Waals surface area contributed by atoms with Crippen molar-refractivity contribution in [3.63, 3.8) is 0 Å². The van der Waals surface area contributed by atoms with Gasteiger partial charge in [0.25, 0.3) is 0 Å². The zero-order chi connectivity index (χ0) is 11.8. The number of fused-ring (bicyclic) bond motifs is 1. The van der Waals surface area contributed by atoms with E-state index in [-0.39, 0.29) is 6.98 Å². The van der Waals surface area contributed by atoms with Gasteiger partial charge in [0.1, 0.15) is 0 Å². The molecule has 3 rings (SSSR count). The van der Waals surface area contributed by atoms with Crippen LogP contribution in [0.3, 0.4) is 0 Å². The second-order valence-electron chi connectivity index (χ2n) is 4.61. The Balaban J connectivity index is 1.93. The molecule has 1 heterocycles. The average Bonchev–Trinajstić information content (AvgIpc) is 2.74. The highest BCUT2D eigenvalue weighted by molar-refractivity contribution is 6.80. The van der Waals surface area contributed by atoms with Crippen molar-refractivity contribution in [2.24, 2.45) is 0 Å². The number of hydrogen-bond acceptors (Lipinski definition) is 2. The Labute approximate surface area is 102 Å². The first-order valence-electron chi connectivity index (χ1n) is 5.93. The fourth-order valence-corrected chi connectivity index (χ4v) is 2.21. The monoisotopic (exact) mass is 222 g/mol. The van der Waals surface area contributed by atoms with Crippen LogP contribution in [0.4, 0.5) is 11.4 Å². The Kier molecular flexibility index (Phi) is 2.32. The van der Waals surface area contributed by atoms with E-state index in [0.717, 1.165) is 0 Å². The molecule has 0 bridgehead atoms. The predicted molar refractivity (Wildman–Crippen MR) is 75.0 cm³/mol. The molecule has 0 atom stereocenters. The van der Waals surface area contributed by atoms with Crippen LogP contribution in [-0.2, 0) is 0 Å². The summed E-state index contributed by atoms with van der Waals surface area (Å²) in [5.41, 5.74) is 6.31. The molecule has 84 valence electrons. The smallest absolute Gasteiger partial charge is 0.404 e. The van der Waals surface area contributed by atoms with E-state index in [4.69, 9.17) is 0 Å². The number of anilines is 2. The van der Waals surface area contributed by atoms with Crippen LogP contribution in [0, 0.1) is 13.8 Å². The van der Waals surface area contributed by atoms with Crippen molar-refractivity contribution in [2.45, 2.75) is 13.8 Å². The van der Waals surface area contributed by atoms with Crippen molar-refractivity contribution in [1.82, 2.24) is 0 Å². The molecule has 17 heavy (non-hydrogen) atoms. The van der Waals surface area contributed by atoms with Crippen LogP contribution in [0.2, 0.25) is 0 Å². The van der Waals surface area contributed by atoms with E-state index in [9.17, 15) is 0 Å². The lowest BCUT2D eigenvalue weighted by Gasteiger charge is -2.06. The largest absolute Gasteiger partial charge is 0.406 e. The summed E-state index contributed by atoms with van der Waals surface area (Å²) in [6.07, 6.45) is 0. The van der Waals surface area contributed by atoms with Crippen LogP contribution in [0.5, 0.6) is 0 Å². The van der Waals surface area contributed by atoms with Crippen LogP contribution in [0.15, 0.2) is 42.5 Å². The minimum Gasteiger partial charge on any atom is -0.404 e. The van der Waals surface area contributed by atoms with Crippen LogP contribution >= 0.6 is 0 Å². The Morgan fingerprint density at radius 2 is 1.35 bits per heavy atom. The van der Waals surface area contributed by atoms with Gasteiger partial charge in [-0.15, -0.1) is 0 Å². The molecule has 1 aliphatic rings. The van der Waals surface area contributed by atoms with Gasteiger partial charge in [0, 0.05) is 11.4 Å². The lowest BCUT2D eigenvalue weighted by Crippen LogP contribution is -2.41. The van der Waals surface area contributed by atoms with Gasteiger partial charge in [-0.05, 0) is 42.6 Å². The normalized spacial score (nSPS) is 12.9. The summed E-state index contributed by atoms with van der Waals surface area (Å²) < 4.78 is 0. The molecule has 2 aromatic rings. The molecule has 2 N–H and O–H groups in total. The van der Waals surface area contributed by atoms with Gasteiger partial charge in [0.2, 0.25) is 0 Å². The fraction of sp³-hybridized carbons (Fsp3) is 0.143. The van der Waals surface area contributed by atoms with Crippen LogP contribution in [-0.4, -0.2) is 6.98 Å². The van der Waals surface area contributed by atoms with Gasteiger partial charge in [-0.2, -0.15) is 0 Å². The van der Waals surface area contributed by atoms with Crippen LogP contribution < -0.4 is 15.9 Å². The highest BCUT2D eigenvalue weighted by Crippen LogP contribution is 2.30. The third kappa shape index (κ3) is 1.78. The molecule has 3 heteroatoms. The van der Waals surface area contributed by atoms with Crippen molar-refractivity contribution < 1.29 is 0 Å². The molecule has 0 radical (unpaired) electrons. The van der Waals surface area contributed by atoms with E-state index in [0.29, 0.717) is 0 Å². The van der Waals surface area contributed by atoms with Crippen molar-refractivity contribution >= 4 is 23.8 Å². The van der Waals surface area contributed by atoms with E-state index < -0.39 is 0 Å². The highest BCUT2D eigenvalue weighted by atomic mass is 15.0. The third-order valence-corrected chi connectivity index (χ3v) is 3.37. The highest BCUT2D eigenvalue weighted by Gasteiger charge is 2.26. The first kappa shape index (κ1) is 10.3. The van der Waals surface area contributed by atoms with Gasteiger partial charge in [-0.3, -0.25) is 0 Å². The molecule has 0 fully saturated rings. The summed E-state index contributed by atoms with van der Waals surface area (Å²) in [6, 6.07) is 14.9. The fourth-order valence-electron chi connectivity index (χ4n) is 2.21. The molecule has 0 aliphatic carbocycles. The minimum absolute atomic E-state index is 0.187.